The van der Waals surface area contributed by atoms with Crippen LogP contribution in [0.3, 0.4) is 0 Å². The Balaban J connectivity index is 1.75. The summed E-state index contributed by atoms with van der Waals surface area (Å²) in [5, 5.41) is 7.11. The quantitative estimate of drug-likeness (QED) is 0.803. The fourth-order valence-corrected chi connectivity index (χ4v) is 2.50. The molecule has 2 unspecified atom stereocenters. The van der Waals surface area contributed by atoms with E-state index in [-0.39, 0.29) is 0 Å². The number of hydrogen-bond donors (Lipinski definition) is 2. The van der Waals surface area contributed by atoms with Gasteiger partial charge in [0.05, 0.1) is 12.3 Å². The summed E-state index contributed by atoms with van der Waals surface area (Å²) in [5.41, 5.74) is 0. The number of furan rings is 1. The fraction of sp³-hybridized carbons (Fsp3) is 0.692. The van der Waals surface area contributed by atoms with Crippen LogP contribution in [0, 0.1) is 0 Å². The third-order valence-electron chi connectivity index (χ3n) is 3.30. The molecule has 1 aliphatic heterocycles. The van der Waals surface area contributed by atoms with E-state index in [1.165, 1.54) is 25.8 Å². The third kappa shape index (κ3) is 3.09. The smallest absolute Gasteiger partial charge is 0.120 e. The Morgan fingerprint density at radius 3 is 3.06 bits per heavy atom. The van der Waals surface area contributed by atoms with Crippen LogP contribution in [-0.4, -0.2) is 18.6 Å². The van der Waals surface area contributed by atoms with Gasteiger partial charge in [-0.15, -0.1) is 0 Å². The lowest BCUT2D eigenvalue weighted by atomic mass is 10.1. The molecule has 1 saturated heterocycles. The normalized spacial score (nSPS) is 24.5. The van der Waals surface area contributed by atoms with Gasteiger partial charge in [-0.25, -0.2) is 0 Å². The minimum Gasteiger partial charge on any atom is -0.468 e. The molecular weight excluding hydrogens is 200 g/mol. The highest BCUT2D eigenvalue weighted by Crippen LogP contribution is 2.16. The summed E-state index contributed by atoms with van der Waals surface area (Å²) >= 11 is 0. The van der Waals surface area contributed by atoms with Crippen molar-refractivity contribution in [1.82, 2.24) is 10.6 Å². The zero-order valence-electron chi connectivity index (χ0n) is 10.2. The molecule has 90 valence electrons. The minimum absolute atomic E-state index is 0.298. The standard InChI is InChI=1S/C13H22N2O/c1-10(9-12-5-3-7-14-12)15-11(2)13-6-4-8-16-13/h4,6,8,10-12,14-15H,3,5,7,9H2,1-2H3/t10?,11-,12?/m1/s1. The average Bonchev–Trinajstić information content (AvgIpc) is 2.88. The molecule has 0 bridgehead atoms. The molecule has 1 aromatic heterocycles. The van der Waals surface area contributed by atoms with Gasteiger partial charge in [0.25, 0.3) is 0 Å². The summed E-state index contributed by atoms with van der Waals surface area (Å²) in [6, 6.07) is 5.49. The molecule has 1 aromatic rings. The van der Waals surface area contributed by atoms with Crippen molar-refractivity contribution < 1.29 is 4.42 Å². The molecule has 0 aliphatic carbocycles. The molecule has 3 atom stereocenters. The topological polar surface area (TPSA) is 37.2 Å². The monoisotopic (exact) mass is 222 g/mol. The molecule has 0 aromatic carbocycles. The van der Waals surface area contributed by atoms with E-state index < -0.39 is 0 Å². The van der Waals surface area contributed by atoms with Crippen LogP contribution < -0.4 is 10.6 Å². The van der Waals surface area contributed by atoms with Gasteiger partial charge in [0, 0.05) is 12.1 Å². The first-order valence-electron chi connectivity index (χ1n) is 6.28. The van der Waals surface area contributed by atoms with Crippen molar-refractivity contribution in [1.29, 1.82) is 0 Å². The first kappa shape index (κ1) is 11.7. The van der Waals surface area contributed by atoms with E-state index in [1.54, 1.807) is 6.26 Å². The van der Waals surface area contributed by atoms with Gasteiger partial charge in [-0.05, 0) is 51.8 Å². The fourth-order valence-electron chi connectivity index (χ4n) is 2.50. The van der Waals surface area contributed by atoms with Gasteiger partial charge in [-0.3, -0.25) is 0 Å². The van der Waals surface area contributed by atoms with Gasteiger partial charge >= 0.3 is 0 Å². The molecule has 2 heterocycles. The van der Waals surface area contributed by atoms with Crippen molar-refractivity contribution in [2.75, 3.05) is 6.54 Å². The summed E-state index contributed by atoms with van der Waals surface area (Å²) in [7, 11) is 0. The number of rotatable bonds is 5. The Morgan fingerprint density at radius 2 is 2.44 bits per heavy atom. The van der Waals surface area contributed by atoms with Crippen molar-refractivity contribution in [3.63, 3.8) is 0 Å². The molecule has 0 amide bonds. The van der Waals surface area contributed by atoms with Crippen LogP contribution in [0.2, 0.25) is 0 Å². The maximum atomic E-state index is 5.39. The van der Waals surface area contributed by atoms with E-state index in [9.17, 15) is 0 Å². The minimum atomic E-state index is 0.298. The molecule has 1 aliphatic rings. The molecule has 3 nitrogen and oxygen atoms in total. The molecule has 1 fully saturated rings. The Bertz CT molecular complexity index is 291. The lowest BCUT2D eigenvalue weighted by molar-refractivity contribution is 0.367. The van der Waals surface area contributed by atoms with Crippen molar-refractivity contribution in [3.05, 3.63) is 24.2 Å². The van der Waals surface area contributed by atoms with Crippen LogP contribution in [0.15, 0.2) is 22.8 Å². The predicted octanol–water partition coefficient (Wildman–Crippen LogP) is 2.46. The van der Waals surface area contributed by atoms with E-state index in [4.69, 9.17) is 4.42 Å². The summed E-state index contributed by atoms with van der Waals surface area (Å²) in [5.74, 6) is 1.02. The molecule has 2 rings (SSSR count). The van der Waals surface area contributed by atoms with Gasteiger partial charge in [0.1, 0.15) is 5.76 Å². The van der Waals surface area contributed by atoms with Crippen molar-refractivity contribution in [2.45, 2.75) is 51.2 Å². The molecule has 0 saturated carbocycles. The Morgan fingerprint density at radius 1 is 1.56 bits per heavy atom. The zero-order chi connectivity index (χ0) is 11.4. The lowest BCUT2D eigenvalue weighted by Gasteiger charge is -2.21. The average molecular weight is 222 g/mol. The zero-order valence-corrected chi connectivity index (χ0v) is 10.2. The Labute approximate surface area is 97.6 Å². The second kappa shape index (κ2) is 5.51. The summed E-state index contributed by atoms with van der Waals surface area (Å²) < 4.78 is 5.39. The van der Waals surface area contributed by atoms with Crippen LogP contribution in [0.25, 0.3) is 0 Å². The first-order chi connectivity index (χ1) is 7.75. The second-order valence-corrected chi connectivity index (χ2v) is 4.83. The van der Waals surface area contributed by atoms with E-state index >= 15 is 0 Å². The number of hydrogen-bond acceptors (Lipinski definition) is 3. The molecular formula is C13H22N2O. The maximum absolute atomic E-state index is 5.39. The van der Waals surface area contributed by atoms with Crippen LogP contribution in [-0.2, 0) is 0 Å². The Kier molecular flexibility index (Phi) is 4.02. The highest BCUT2D eigenvalue weighted by atomic mass is 16.3. The molecule has 3 heteroatoms. The Hall–Kier alpha value is -0.800. The van der Waals surface area contributed by atoms with Crippen molar-refractivity contribution >= 4 is 0 Å². The van der Waals surface area contributed by atoms with Crippen LogP contribution in [0.5, 0.6) is 0 Å². The second-order valence-electron chi connectivity index (χ2n) is 4.83. The lowest BCUT2D eigenvalue weighted by Crippen LogP contribution is -2.35. The first-order valence-corrected chi connectivity index (χ1v) is 6.28. The van der Waals surface area contributed by atoms with Crippen molar-refractivity contribution in [3.8, 4) is 0 Å². The van der Waals surface area contributed by atoms with Gasteiger partial charge < -0.3 is 15.1 Å². The highest BCUT2D eigenvalue weighted by molar-refractivity contribution is 5.03. The highest BCUT2D eigenvalue weighted by Gasteiger charge is 2.18. The van der Waals surface area contributed by atoms with Gasteiger partial charge in [0.2, 0.25) is 0 Å². The maximum Gasteiger partial charge on any atom is 0.120 e. The van der Waals surface area contributed by atoms with Gasteiger partial charge in [-0.1, -0.05) is 0 Å². The largest absolute Gasteiger partial charge is 0.468 e. The predicted molar refractivity (Wildman–Crippen MR) is 65.4 cm³/mol. The van der Waals surface area contributed by atoms with Gasteiger partial charge in [-0.2, -0.15) is 0 Å². The van der Waals surface area contributed by atoms with Gasteiger partial charge in [0.15, 0.2) is 0 Å². The molecule has 0 radical (unpaired) electrons. The summed E-state index contributed by atoms with van der Waals surface area (Å²) in [6.07, 6.45) is 5.58. The summed E-state index contributed by atoms with van der Waals surface area (Å²) in [6.45, 7) is 5.59. The molecule has 16 heavy (non-hydrogen) atoms. The van der Waals surface area contributed by atoms with E-state index in [1.807, 2.05) is 12.1 Å². The van der Waals surface area contributed by atoms with Crippen LogP contribution in [0.4, 0.5) is 0 Å². The third-order valence-corrected chi connectivity index (χ3v) is 3.30. The number of nitrogens with one attached hydrogen (secondary N) is 2. The van der Waals surface area contributed by atoms with E-state index in [2.05, 4.69) is 24.5 Å². The van der Waals surface area contributed by atoms with Crippen LogP contribution >= 0.6 is 0 Å². The van der Waals surface area contributed by atoms with E-state index in [0.717, 1.165) is 5.76 Å². The van der Waals surface area contributed by atoms with Crippen molar-refractivity contribution in [2.24, 2.45) is 0 Å². The molecule has 2 N–H and O–H groups in total. The van der Waals surface area contributed by atoms with E-state index in [0.29, 0.717) is 18.1 Å². The summed E-state index contributed by atoms with van der Waals surface area (Å²) in [4.78, 5) is 0. The molecule has 0 spiro atoms. The SMILES string of the molecule is CC(CC1CCCN1)N[C@H](C)c1ccco1. The van der Waals surface area contributed by atoms with Crippen LogP contribution in [0.1, 0.15) is 44.9 Å².